The zero-order chi connectivity index (χ0) is 23.9. The molecule has 2 aromatic rings. The lowest BCUT2D eigenvalue weighted by atomic mass is 10.1. The number of carbonyl (C=O) groups excluding carboxylic acids is 2. The van der Waals surface area contributed by atoms with Crippen molar-refractivity contribution in [3.8, 4) is 0 Å². The molecule has 0 saturated heterocycles. The second-order valence-electron chi connectivity index (χ2n) is 8.11. The van der Waals surface area contributed by atoms with Gasteiger partial charge in [0.25, 0.3) is 5.91 Å². The lowest BCUT2D eigenvalue weighted by molar-refractivity contribution is -0.116. The third kappa shape index (κ3) is 7.09. The highest BCUT2D eigenvalue weighted by Crippen LogP contribution is 2.24. The number of rotatable bonds is 10. The number of aryl methyl sites for hydroxylation is 2. The topological polar surface area (TPSA) is 95.6 Å². The van der Waals surface area contributed by atoms with Crippen molar-refractivity contribution in [3.05, 3.63) is 59.2 Å². The molecule has 2 amide bonds. The fourth-order valence-corrected chi connectivity index (χ4v) is 4.26. The summed E-state index contributed by atoms with van der Waals surface area (Å²) in [5.74, 6) is -0.517. The van der Waals surface area contributed by atoms with E-state index < -0.39 is 10.0 Å². The first kappa shape index (κ1) is 25.4. The molecule has 0 fully saturated rings. The highest BCUT2D eigenvalue weighted by molar-refractivity contribution is 7.92. The largest absolute Gasteiger partial charge is 0.350 e. The van der Waals surface area contributed by atoms with Gasteiger partial charge in [-0.05, 0) is 62.9 Å². The minimum atomic E-state index is -3.50. The molecule has 0 bridgehead atoms. The number of para-hydroxylation sites is 1. The Bertz CT molecular complexity index is 1070. The third-order valence-electron chi connectivity index (χ3n) is 5.23. The molecule has 0 aliphatic carbocycles. The van der Waals surface area contributed by atoms with Crippen LogP contribution in [0.5, 0.6) is 0 Å². The Balaban J connectivity index is 2.05. The summed E-state index contributed by atoms with van der Waals surface area (Å²) in [7, 11) is -3.50. The van der Waals surface area contributed by atoms with E-state index in [2.05, 4.69) is 10.6 Å². The highest BCUT2D eigenvalue weighted by atomic mass is 32.2. The Morgan fingerprint density at radius 3 is 2.44 bits per heavy atom. The van der Waals surface area contributed by atoms with Crippen molar-refractivity contribution in [2.75, 3.05) is 22.4 Å². The van der Waals surface area contributed by atoms with Crippen LogP contribution < -0.4 is 14.9 Å². The van der Waals surface area contributed by atoms with E-state index >= 15 is 0 Å². The predicted molar refractivity (Wildman–Crippen MR) is 130 cm³/mol. The van der Waals surface area contributed by atoms with Gasteiger partial charge in [0.1, 0.15) is 0 Å². The summed E-state index contributed by atoms with van der Waals surface area (Å²) in [5, 5.41) is 5.69. The number of nitrogens with zero attached hydrogens (tertiary/aromatic N) is 1. The lowest BCUT2D eigenvalue weighted by Gasteiger charge is -2.24. The van der Waals surface area contributed by atoms with Gasteiger partial charge < -0.3 is 10.6 Å². The van der Waals surface area contributed by atoms with Crippen LogP contribution in [0.25, 0.3) is 0 Å². The van der Waals surface area contributed by atoms with Gasteiger partial charge in [-0.15, -0.1) is 0 Å². The van der Waals surface area contributed by atoms with Gasteiger partial charge in [0.2, 0.25) is 15.9 Å². The summed E-state index contributed by atoms with van der Waals surface area (Å²) in [6.07, 6.45) is 2.43. The first-order chi connectivity index (χ1) is 15.0. The molecule has 1 unspecified atom stereocenters. The Hall–Kier alpha value is -2.87. The summed E-state index contributed by atoms with van der Waals surface area (Å²) in [4.78, 5) is 25.1. The van der Waals surface area contributed by atoms with Crippen LogP contribution in [0.3, 0.4) is 0 Å². The Labute approximate surface area is 191 Å². The van der Waals surface area contributed by atoms with Crippen LogP contribution >= 0.6 is 0 Å². The second-order valence-corrected chi connectivity index (χ2v) is 10.0. The number of hydrogen-bond acceptors (Lipinski definition) is 4. The van der Waals surface area contributed by atoms with Crippen LogP contribution in [0.1, 0.15) is 54.6 Å². The quantitative estimate of drug-likeness (QED) is 0.561. The maximum absolute atomic E-state index is 12.5. The molecule has 2 rings (SSSR count). The van der Waals surface area contributed by atoms with E-state index in [9.17, 15) is 18.0 Å². The average Bonchev–Trinajstić information content (AvgIpc) is 2.72. The molecule has 0 spiro atoms. The van der Waals surface area contributed by atoms with Gasteiger partial charge in [-0.3, -0.25) is 13.9 Å². The first-order valence-corrected chi connectivity index (χ1v) is 12.6. The van der Waals surface area contributed by atoms with Crippen molar-refractivity contribution in [1.82, 2.24) is 5.32 Å². The van der Waals surface area contributed by atoms with Crippen LogP contribution in [0.15, 0.2) is 42.5 Å². The number of carbonyl (C=O) groups is 2. The fourth-order valence-electron chi connectivity index (χ4n) is 3.24. The van der Waals surface area contributed by atoms with E-state index in [-0.39, 0.29) is 30.8 Å². The molecule has 0 aliphatic heterocycles. The summed E-state index contributed by atoms with van der Waals surface area (Å²) < 4.78 is 26.1. The smallest absolute Gasteiger partial charge is 0.253 e. The Morgan fingerprint density at radius 2 is 1.78 bits per heavy atom. The van der Waals surface area contributed by atoms with Crippen molar-refractivity contribution in [2.24, 2.45) is 0 Å². The lowest BCUT2D eigenvalue weighted by Crippen LogP contribution is -2.33. The molecular formula is C24H33N3O4S. The molecule has 32 heavy (non-hydrogen) atoms. The molecule has 7 nitrogen and oxygen atoms in total. The van der Waals surface area contributed by atoms with Gasteiger partial charge in [-0.25, -0.2) is 8.42 Å². The van der Waals surface area contributed by atoms with Crippen LogP contribution in [0.2, 0.25) is 0 Å². The fraction of sp³-hybridized carbons (Fsp3) is 0.417. The van der Waals surface area contributed by atoms with Crippen LogP contribution in [-0.2, 0) is 14.8 Å². The summed E-state index contributed by atoms with van der Waals surface area (Å²) in [5.41, 5.74) is 3.28. The number of hydrogen-bond donors (Lipinski definition) is 2. The molecule has 174 valence electrons. The Kier molecular flexibility index (Phi) is 8.83. The van der Waals surface area contributed by atoms with Crippen LogP contribution in [0, 0.1) is 13.8 Å². The molecule has 2 aromatic carbocycles. The average molecular weight is 460 g/mol. The SMILES string of the molecule is CCC(C)NC(=O)c1ccccc1NC(=O)CCCN(c1cc(C)ccc1C)S(C)(=O)=O. The third-order valence-corrected chi connectivity index (χ3v) is 6.41. The van der Waals surface area contributed by atoms with Crippen molar-refractivity contribution < 1.29 is 18.0 Å². The van der Waals surface area contributed by atoms with Crippen molar-refractivity contribution in [1.29, 1.82) is 0 Å². The van der Waals surface area contributed by atoms with E-state index in [1.54, 1.807) is 24.3 Å². The van der Waals surface area contributed by atoms with Gasteiger partial charge in [0, 0.05) is 19.0 Å². The van der Waals surface area contributed by atoms with Gasteiger partial charge in [0.05, 0.1) is 23.2 Å². The zero-order valence-corrected chi connectivity index (χ0v) is 20.3. The van der Waals surface area contributed by atoms with Crippen LogP contribution in [0.4, 0.5) is 11.4 Å². The summed E-state index contributed by atoms with van der Waals surface area (Å²) in [6.45, 7) is 7.86. The Morgan fingerprint density at radius 1 is 1.09 bits per heavy atom. The molecule has 2 N–H and O–H groups in total. The molecule has 0 aromatic heterocycles. The maximum atomic E-state index is 12.5. The summed E-state index contributed by atoms with van der Waals surface area (Å²) >= 11 is 0. The molecule has 1 atom stereocenters. The predicted octanol–water partition coefficient (Wildman–Crippen LogP) is 4.02. The molecular weight excluding hydrogens is 426 g/mol. The highest BCUT2D eigenvalue weighted by Gasteiger charge is 2.20. The summed E-state index contributed by atoms with van der Waals surface area (Å²) in [6, 6.07) is 12.5. The first-order valence-electron chi connectivity index (χ1n) is 10.8. The van der Waals surface area contributed by atoms with Gasteiger partial charge in [0.15, 0.2) is 0 Å². The van der Waals surface area contributed by atoms with Crippen molar-refractivity contribution in [2.45, 2.75) is 53.0 Å². The second kappa shape index (κ2) is 11.1. The van der Waals surface area contributed by atoms with E-state index in [1.165, 1.54) is 10.6 Å². The normalized spacial score (nSPS) is 12.2. The molecule has 0 heterocycles. The van der Waals surface area contributed by atoms with Crippen LogP contribution in [-0.4, -0.2) is 39.1 Å². The standard InChI is InChI=1S/C24H33N3O4S/c1-6-19(4)25-24(29)20-10-7-8-11-21(20)26-23(28)12-9-15-27(32(5,30)31)22-16-17(2)13-14-18(22)3/h7-8,10-11,13-14,16,19H,6,9,12,15H2,1-5H3,(H,25,29)(H,26,28). The van der Waals surface area contributed by atoms with E-state index in [1.807, 2.05) is 45.9 Å². The van der Waals surface area contributed by atoms with Gasteiger partial charge in [-0.1, -0.05) is 31.2 Å². The number of nitrogens with one attached hydrogen (secondary N) is 2. The maximum Gasteiger partial charge on any atom is 0.253 e. The van der Waals surface area contributed by atoms with Gasteiger partial charge >= 0.3 is 0 Å². The minimum Gasteiger partial charge on any atom is -0.350 e. The van der Waals surface area contributed by atoms with Crippen molar-refractivity contribution >= 4 is 33.2 Å². The number of benzene rings is 2. The van der Waals surface area contributed by atoms with Gasteiger partial charge in [-0.2, -0.15) is 0 Å². The monoisotopic (exact) mass is 459 g/mol. The minimum absolute atomic E-state index is 0.0262. The van der Waals surface area contributed by atoms with E-state index in [0.717, 1.165) is 17.5 Å². The molecule has 8 heteroatoms. The molecule has 0 aliphatic rings. The molecule has 0 radical (unpaired) electrons. The number of amides is 2. The van der Waals surface area contributed by atoms with E-state index in [0.29, 0.717) is 23.4 Å². The number of sulfonamides is 1. The zero-order valence-electron chi connectivity index (χ0n) is 19.4. The molecule has 0 saturated carbocycles. The number of anilines is 2. The van der Waals surface area contributed by atoms with Crippen molar-refractivity contribution in [3.63, 3.8) is 0 Å². The van der Waals surface area contributed by atoms with E-state index in [4.69, 9.17) is 0 Å².